The maximum atomic E-state index is 11.4. The van der Waals surface area contributed by atoms with Crippen molar-refractivity contribution in [1.29, 1.82) is 5.26 Å². The average molecular weight is 382 g/mol. The van der Waals surface area contributed by atoms with Gasteiger partial charge in [0.2, 0.25) is 0 Å². The predicted octanol–water partition coefficient (Wildman–Crippen LogP) is 1.79. The van der Waals surface area contributed by atoms with Crippen molar-refractivity contribution in [1.82, 2.24) is 5.32 Å². The van der Waals surface area contributed by atoms with E-state index in [2.05, 4.69) is 21.2 Å². The van der Waals surface area contributed by atoms with Gasteiger partial charge in [-0.1, -0.05) is 0 Å². The van der Waals surface area contributed by atoms with Crippen molar-refractivity contribution in [2.75, 3.05) is 13.2 Å². The van der Waals surface area contributed by atoms with Crippen LogP contribution in [0.25, 0.3) is 0 Å². The molecule has 0 atom stereocenters. The third-order valence-corrected chi connectivity index (χ3v) is 4.07. The maximum Gasteiger partial charge on any atom is 0.261 e. The van der Waals surface area contributed by atoms with E-state index in [0.717, 1.165) is 0 Å². The van der Waals surface area contributed by atoms with Gasteiger partial charge in [0, 0.05) is 17.2 Å². The standard InChI is InChI=1S/C11H10BrClN2O4S/c12-9-6-8(20(13,17)18)2-3-10(9)19-7-11(16)15-5-1-4-14/h2-3,6H,1,5,7H2,(H,15,16). The Morgan fingerprint density at radius 1 is 1.50 bits per heavy atom. The molecule has 1 aromatic carbocycles. The average Bonchev–Trinajstić information content (AvgIpc) is 2.36. The fourth-order valence-electron chi connectivity index (χ4n) is 1.20. The van der Waals surface area contributed by atoms with Crippen LogP contribution in [0.3, 0.4) is 0 Å². The molecule has 108 valence electrons. The van der Waals surface area contributed by atoms with Crippen molar-refractivity contribution in [2.45, 2.75) is 11.3 Å². The predicted molar refractivity (Wildman–Crippen MR) is 75.9 cm³/mol. The van der Waals surface area contributed by atoms with Gasteiger partial charge < -0.3 is 10.1 Å². The van der Waals surface area contributed by atoms with Crippen molar-refractivity contribution >= 4 is 41.6 Å². The summed E-state index contributed by atoms with van der Waals surface area (Å²) in [7, 11) is 1.39. The Bertz CT molecular complexity index is 642. The summed E-state index contributed by atoms with van der Waals surface area (Å²) in [5.41, 5.74) is 0. The number of ether oxygens (including phenoxy) is 1. The molecule has 0 unspecified atom stereocenters. The largest absolute Gasteiger partial charge is 0.483 e. The highest BCUT2D eigenvalue weighted by Gasteiger charge is 2.13. The molecule has 9 heteroatoms. The highest BCUT2D eigenvalue weighted by Crippen LogP contribution is 2.29. The Morgan fingerprint density at radius 2 is 2.20 bits per heavy atom. The van der Waals surface area contributed by atoms with Gasteiger partial charge in [-0.15, -0.1) is 0 Å². The number of carbonyl (C=O) groups excluding carboxylic acids is 1. The normalized spacial score (nSPS) is 10.7. The summed E-state index contributed by atoms with van der Waals surface area (Å²) in [5.74, 6) is -0.0642. The monoisotopic (exact) mass is 380 g/mol. The number of halogens is 2. The fraction of sp³-hybridized carbons (Fsp3) is 0.273. The number of benzene rings is 1. The van der Waals surface area contributed by atoms with Crippen LogP contribution in [0.2, 0.25) is 0 Å². The number of hydrogen-bond donors (Lipinski definition) is 1. The number of amides is 1. The summed E-state index contributed by atoms with van der Waals surface area (Å²) in [6.45, 7) is 0.0142. The van der Waals surface area contributed by atoms with Crippen molar-refractivity contribution in [2.24, 2.45) is 0 Å². The van der Waals surface area contributed by atoms with Crippen LogP contribution in [0.1, 0.15) is 6.42 Å². The van der Waals surface area contributed by atoms with Crippen LogP contribution in [-0.2, 0) is 13.8 Å². The zero-order chi connectivity index (χ0) is 15.2. The maximum absolute atomic E-state index is 11.4. The number of nitrogens with one attached hydrogen (secondary N) is 1. The Labute approximate surface area is 129 Å². The number of nitriles is 1. The summed E-state index contributed by atoms with van der Waals surface area (Å²) in [6.07, 6.45) is 0.220. The lowest BCUT2D eigenvalue weighted by Crippen LogP contribution is -2.29. The molecule has 0 fully saturated rings. The van der Waals surface area contributed by atoms with E-state index >= 15 is 0 Å². The molecule has 0 aliphatic heterocycles. The van der Waals surface area contributed by atoms with E-state index in [1.807, 2.05) is 6.07 Å². The summed E-state index contributed by atoms with van der Waals surface area (Å²) in [5, 5.41) is 10.8. The molecule has 1 N–H and O–H groups in total. The molecule has 0 spiro atoms. The molecule has 0 aliphatic carbocycles. The first-order chi connectivity index (χ1) is 9.34. The Kier molecular flexibility index (Phi) is 6.26. The first-order valence-electron chi connectivity index (χ1n) is 5.35. The van der Waals surface area contributed by atoms with E-state index in [4.69, 9.17) is 20.7 Å². The lowest BCUT2D eigenvalue weighted by atomic mass is 10.3. The minimum atomic E-state index is -3.81. The second kappa shape index (κ2) is 7.47. The molecule has 1 aromatic rings. The van der Waals surface area contributed by atoms with E-state index in [0.29, 0.717) is 10.2 Å². The molecule has 0 saturated heterocycles. The first kappa shape index (κ1) is 16.8. The van der Waals surface area contributed by atoms with E-state index in [-0.39, 0.29) is 30.4 Å². The van der Waals surface area contributed by atoms with Crippen molar-refractivity contribution in [3.63, 3.8) is 0 Å². The molecule has 6 nitrogen and oxygen atoms in total. The molecule has 0 heterocycles. The van der Waals surface area contributed by atoms with Gasteiger partial charge in [-0.3, -0.25) is 4.79 Å². The van der Waals surface area contributed by atoms with Crippen molar-refractivity contribution in [3.05, 3.63) is 22.7 Å². The lowest BCUT2D eigenvalue weighted by Gasteiger charge is -2.08. The molecule has 0 aromatic heterocycles. The van der Waals surface area contributed by atoms with Gasteiger partial charge >= 0.3 is 0 Å². The first-order valence-corrected chi connectivity index (χ1v) is 8.45. The van der Waals surface area contributed by atoms with Crippen LogP contribution < -0.4 is 10.1 Å². The van der Waals surface area contributed by atoms with Gasteiger partial charge in [-0.2, -0.15) is 5.26 Å². The van der Waals surface area contributed by atoms with Gasteiger partial charge in [-0.05, 0) is 34.1 Å². The smallest absolute Gasteiger partial charge is 0.261 e. The molecule has 0 bridgehead atoms. The second-order valence-corrected chi connectivity index (χ2v) is 7.00. The molecule has 0 saturated carbocycles. The number of carbonyl (C=O) groups is 1. The molecule has 0 radical (unpaired) electrons. The summed E-state index contributed by atoms with van der Waals surface area (Å²) in [6, 6.07) is 5.84. The molecular formula is C11H10BrClN2O4S. The quantitative estimate of drug-likeness (QED) is 0.598. The lowest BCUT2D eigenvalue weighted by molar-refractivity contribution is -0.123. The number of rotatable bonds is 6. The van der Waals surface area contributed by atoms with Crippen LogP contribution in [0.15, 0.2) is 27.6 Å². The van der Waals surface area contributed by atoms with Gasteiger partial charge in [-0.25, -0.2) is 8.42 Å². The summed E-state index contributed by atoms with van der Waals surface area (Å²) >= 11 is 3.13. The van der Waals surface area contributed by atoms with Crippen LogP contribution in [0.5, 0.6) is 5.75 Å². The Balaban J connectivity index is 2.62. The summed E-state index contributed by atoms with van der Waals surface area (Å²) < 4.78 is 27.8. The molecule has 1 amide bonds. The second-order valence-electron chi connectivity index (χ2n) is 3.58. The zero-order valence-corrected chi connectivity index (χ0v) is 13.3. The topological polar surface area (TPSA) is 96.3 Å². The van der Waals surface area contributed by atoms with Crippen LogP contribution in [0.4, 0.5) is 0 Å². The van der Waals surface area contributed by atoms with Crippen LogP contribution in [0, 0.1) is 11.3 Å². The molecule has 1 rings (SSSR count). The zero-order valence-electron chi connectivity index (χ0n) is 10.1. The van der Waals surface area contributed by atoms with E-state index in [1.54, 1.807) is 0 Å². The number of nitrogens with zero attached hydrogens (tertiary/aromatic N) is 1. The third-order valence-electron chi connectivity index (χ3n) is 2.10. The fourth-order valence-corrected chi connectivity index (χ4v) is 2.62. The van der Waals surface area contributed by atoms with E-state index in [9.17, 15) is 13.2 Å². The molecule has 20 heavy (non-hydrogen) atoms. The minimum absolute atomic E-state index is 0.0723. The van der Waals surface area contributed by atoms with E-state index in [1.165, 1.54) is 18.2 Å². The van der Waals surface area contributed by atoms with Gasteiger partial charge in [0.25, 0.3) is 15.0 Å². The highest BCUT2D eigenvalue weighted by atomic mass is 79.9. The van der Waals surface area contributed by atoms with Gasteiger partial charge in [0.15, 0.2) is 6.61 Å². The van der Waals surface area contributed by atoms with Crippen LogP contribution >= 0.6 is 26.6 Å². The SMILES string of the molecule is N#CCCNC(=O)COc1ccc(S(=O)(=O)Cl)cc1Br. The minimum Gasteiger partial charge on any atom is -0.483 e. The molecule has 0 aliphatic rings. The Morgan fingerprint density at radius 3 is 2.75 bits per heavy atom. The third kappa shape index (κ3) is 5.36. The highest BCUT2D eigenvalue weighted by molar-refractivity contribution is 9.10. The van der Waals surface area contributed by atoms with Crippen molar-refractivity contribution in [3.8, 4) is 11.8 Å². The Hall–Kier alpha value is -1.30. The summed E-state index contributed by atoms with van der Waals surface area (Å²) in [4.78, 5) is 11.3. The molecular weight excluding hydrogens is 372 g/mol. The van der Waals surface area contributed by atoms with Crippen LogP contribution in [-0.4, -0.2) is 27.5 Å². The van der Waals surface area contributed by atoms with Gasteiger partial charge in [0.1, 0.15) is 5.75 Å². The van der Waals surface area contributed by atoms with Crippen molar-refractivity contribution < 1.29 is 17.9 Å². The van der Waals surface area contributed by atoms with Gasteiger partial charge in [0.05, 0.1) is 21.9 Å². The number of hydrogen-bond acceptors (Lipinski definition) is 5. The van der Waals surface area contributed by atoms with E-state index < -0.39 is 9.05 Å².